The predicted molar refractivity (Wildman–Crippen MR) is 69.9 cm³/mol. The zero-order chi connectivity index (χ0) is 10.5. The molecule has 2 unspecified atom stereocenters. The molecule has 4 rings (SSSR count). The fourth-order valence-corrected chi connectivity index (χ4v) is 8.01. The van der Waals surface area contributed by atoms with Crippen molar-refractivity contribution in [1.82, 2.24) is 4.67 Å². The van der Waals surface area contributed by atoms with Crippen LogP contribution in [0.2, 0.25) is 0 Å². The third kappa shape index (κ3) is 1.25. The lowest BCUT2D eigenvalue weighted by atomic mass is 10.1. The lowest BCUT2D eigenvalue weighted by Crippen LogP contribution is -2.21. The molecule has 4 aliphatic rings. The van der Waals surface area contributed by atoms with Gasteiger partial charge in [-0.05, 0) is 52.2 Å². The molecule has 0 bridgehead atoms. The Labute approximate surface area is 99.4 Å². The minimum absolute atomic E-state index is 0.151. The topological polar surface area (TPSA) is 3.24 Å². The molecule has 2 heterocycles. The van der Waals surface area contributed by atoms with E-state index in [0.29, 0.717) is 0 Å². The van der Waals surface area contributed by atoms with Crippen LogP contribution in [0.5, 0.6) is 0 Å². The molecule has 0 N–H and O–H groups in total. The van der Waals surface area contributed by atoms with E-state index in [0.717, 1.165) is 17.4 Å². The van der Waals surface area contributed by atoms with Crippen molar-refractivity contribution in [2.24, 2.45) is 0 Å². The zero-order valence-corrected chi connectivity index (χ0v) is 10.7. The van der Waals surface area contributed by atoms with Crippen LogP contribution in [0.4, 0.5) is 0 Å². The van der Waals surface area contributed by atoms with E-state index >= 15 is 0 Å². The van der Waals surface area contributed by atoms with Crippen LogP contribution in [0.3, 0.4) is 0 Å². The molecule has 2 saturated heterocycles. The Bertz CT molecular complexity index is 360. The normalized spacial score (nSPS) is 46.1. The summed E-state index contributed by atoms with van der Waals surface area (Å²) in [5.41, 5.74) is 3.79. The molecule has 2 aliphatic heterocycles. The number of hydrogen-bond acceptors (Lipinski definition) is 1. The highest BCUT2D eigenvalue weighted by molar-refractivity contribution is 7.57. The van der Waals surface area contributed by atoms with Gasteiger partial charge in [-0.3, -0.25) is 4.67 Å². The fourth-order valence-electron chi connectivity index (χ4n) is 4.16. The molecule has 2 fully saturated rings. The van der Waals surface area contributed by atoms with Crippen LogP contribution in [0, 0.1) is 0 Å². The van der Waals surface area contributed by atoms with Crippen molar-refractivity contribution in [2.45, 2.75) is 55.9 Å². The van der Waals surface area contributed by atoms with Gasteiger partial charge in [0.15, 0.2) is 0 Å². The maximum Gasteiger partial charge on any atom is 0.0351 e. The molecule has 0 radical (unpaired) electrons. The summed E-state index contributed by atoms with van der Waals surface area (Å²) < 4.78 is 2.92. The van der Waals surface area contributed by atoms with E-state index in [9.17, 15) is 0 Å². The van der Waals surface area contributed by atoms with Gasteiger partial charge in [-0.15, -0.1) is 0 Å². The smallest absolute Gasteiger partial charge is 0.0351 e. The SMILES string of the molecule is C1=C[C@@H](P2C3CCC=C3[C@@H]3CCCN32)CC1. The van der Waals surface area contributed by atoms with Gasteiger partial charge in [0.05, 0.1) is 0 Å². The van der Waals surface area contributed by atoms with Gasteiger partial charge >= 0.3 is 0 Å². The quantitative estimate of drug-likeness (QED) is 0.493. The van der Waals surface area contributed by atoms with Gasteiger partial charge < -0.3 is 0 Å². The summed E-state index contributed by atoms with van der Waals surface area (Å²) in [6.07, 6.45) is 16.1. The summed E-state index contributed by atoms with van der Waals surface area (Å²) in [6.45, 7) is 1.40. The number of allylic oxidation sites excluding steroid dienone is 3. The Kier molecular flexibility index (Phi) is 2.27. The van der Waals surface area contributed by atoms with Crippen LogP contribution in [-0.2, 0) is 0 Å². The van der Waals surface area contributed by atoms with E-state index in [1.165, 1.54) is 45.1 Å². The van der Waals surface area contributed by atoms with E-state index in [4.69, 9.17) is 0 Å². The Morgan fingerprint density at radius 3 is 3.06 bits per heavy atom. The van der Waals surface area contributed by atoms with E-state index in [1.807, 2.05) is 5.57 Å². The average Bonchev–Trinajstić information content (AvgIpc) is 3.00. The van der Waals surface area contributed by atoms with Crippen molar-refractivity contribution >= 4 is 8.07 Å². The molecule has 4 atom stereocenters. The molecule has 0 amide bonds. The summed E-state index contributed by atoms with van der Waals surface area (Å²) in [7, 11) is 0.151. The van der Waals surface area contributed by atoms with Gasteiger partial charge in [-0.25, -0.2) is 0 Å². The van der Waals surface area contributed by atoms with Crippen molar-refractivity contribution in [3.05, 3.63) is 23.8 Å². The molecule has 0 saturated carbocycles. The largest absolute Gasteiger partial charge is 0.274 e. The lowest BCUT2D eigenvalue weighted by Gasteiger charge is -2.31. The van der Waals surface area contributed by atoms with Crippen LogP contribution in [0.1, 0.15) is 38.5 Å². The van der Waals surface area contributed by atoms with Crippen LogP contribution in [0.15, 0.2) is 23.8 Å². The number of hydrogen-bond donors (Lipinski definition) is 0. The van der Waals surface area contributed by atoms with Crippen molar-refractivity contribution in [1.29, 1.82) is 0 Å². The van der Waals surface area contributed by atoms with Crippen LogP contribution in [0.25, 0.3) is 0 Å². The Balaban J connectivity index is 1.69. The van der Waals surface area contributed by atoms with Gasteiger partial charge in [0, 0.05) is 23.9 Å². The van der Waals surface area contributed by atoms with Gasteiger partial charge in [0.2, 0.25) is 0 Å². The minimum Gasteiger partial charge on any atom is -0.274 e. The highest BCUT2D eigenvalue weighted by Gasteiger charge is 2.50. The molecular formula is C14H20NP. The number of fused-ring (bicyclic) bond motifs is 3. The third-order valence-electron chi connectivity index (χ3n) is 4.76. The van der Waals surface area contributed by atoms with Crippen LogP contribution >= 0.6 is 8.07 Å². The molecule has 1 nitrogen and oxygen atoms in total. The molecule has 0 aromatic heterocycles. The fraction of sp³-hybridized carbons (Fsp3) is 0.714. The maximum absolute atomic E-state index is 2.92. The van der Waals surface area contributed by atoms with Crippen LogP contribution < -0.4 is 0 Å². The second-order valence-corrected chi connectivity index (χ2v) is 8.13. The second kappa shape index (κ2) is 3.68. The summed E-state index contributed by atoms with van der Waals surface area (Å²) in [5, 5.41) is 0. The van der Waals surface area contributed by atoms with E-state index in [2.05, 4.69) is 22.9 Å². The number of nitrogens with zero attached hydrogens (tertiary/aromatic N) is 1. The van der Waals surface area contributed by atoms with Gasteiger partial charge in [-0.1, -0.05) is 18.2 Å². The van der Waals surface area contributed by atoms with Gasteiger partial charge in [0.1, 0.15) is 0 Å². The van der Waals surface area contributed by atoms with Crippen molar-refractivity contribution in [3.63, 3.8) is 0 Å². The zero-order valence-electron chi connectivity index (χ0n) is 9.81. The van der Waals surface area contributed by atoms with E-state index in [-0.39, 0.29) is 8.07 Å². The first-order chi connectivity index (χ1) is 7.95. The van der Waals surface area contributed by atoms with Crippen LogP contribution in [-0.4, -0.2) is 28.6 Å². The maximum atomic E-state index is 2.92. The molecule has 16 heavy (non-hydrogen) atoms. The third-order valence-corrected chi connectivity index (χ3v) is 8.13. The Morgan fingerprint density at radius 1 is 1.19 bits per heavy atom. The standard InChI is InChI=1S/C14H20NP/c1-2-6-11(5-1)16-14-9-3-7-12(14)13-8-4-10-15(13)16/h1,5,7,11,13-14H,2-4,6,8-10H2/t11-,13+,14?,16?/m1/s1. The average molecular weight is 233 g/mol. The molecule has 2 heteroatoms. The summed E-state index contributed by atoms with van der Waals surface area (Å²) >= 11 is 0. The monoisotopic (exact) mass is 233 g/mol. The Morgan fingerprint density at radius 2 is 2.19 bits per heavy atom. The highest BCUT2D eigenvalue weighted by Crippen LogP contribution is 2.67. The van der Waals surface area contributed by atoms with Crippen molar-refractivity contribution < 1.29 is 0 Å². The molecule has 86 valence electrons. The van der Waals surface area contributed by atoms with E-state index < -0.39 is 0 Å². The predicted octanol–water partition coefficient (Wildman–Crippen LogP) is 3.67. The van der Waals surface area contributed by atoms with Crippen molar-refractivity contribution in [3.8, 4) is 0 Å². The molecule has 0 aromatic rings. The molecule has 0 aromatic carbocycles. The summed E-state index contributed by atoms with van der Waals surface area (Å²) in [4.78, 5) is 0. The van der Waals surface area contributed by atoms with Crippen molar-refractivity contribution in [2.75, 3.05) is 6.54 Å². The molecule has 2 aliphatic carbocycles. The summed E-state index contributed by atoms with van der Waals surface area (Å²) in [6, 6.07) is 0.882. The minimum atomic E-state index is 0.151. The first kappa shape index (κ1) is 9.85. The summed E-state index contributed by atoms with van der Waals surface area (Å²) in [5.74, 6) is 0. The lowest BCUT2D eigenvalue weighted by molar-refractivity contribution is 0.491. The first-order valence-electron chi connectivity index (χ1n) is 6.86. The van der Waals surface area contributed by atoms with Gasteiger partial charge in [-0.2, -0.15) is 0 Å². The van der Waals surface area contributed by atoms with Gasteiger partial charge in [0.25, 0.3) is 0 Å². The highest BCUT2D eigenvalue weighted by atomic mass is 31.1. The molecular weight excluding hydrogens is 213 g/mol. The number of rotatable bonds is 1. The first-order valence-corrected chi connectivity index (χ1v) is 8.30. The molecule has 0 spiro atoms. The Hall–Kier alpha value is -0.130. The van der Waals surface area contributed by atoms with E-state index in [1.54, 1.807) is 0 Å². The second-order valence-electron chi connectivity index (χ2n) is 5.57.